The van der Waals surface area contributed by atoms with Crippen LogP contribution in [0.15, 0.2) is 146 Å². The van der Waals surface area contributed by atoms with E-state index < -0.39 is 0 Å². The first-order valence-electron chi connectivity index (χ1n) is 16.0. The summed E-state index contributed by atoms with van der Waals surface area (Å²) in [5.41, 5.74) is 11.9. The third-order valence-electron chi connectivity index (χ3n) is 9.06. The normalized spacial score (nSPS) is 11.5. The zero-order valence-corrected chi connectivity index (χ0v) is 26.8. The van der Waals surface area contributed by atoms with Gasteiger partial charge in [-0.2, -0.15) is 0 Å². The highest BCUT2D eigenvalue weighted by Gasteiger charge is 2.19. The van der Waals surface area contributed by atoms with E-state index in [0.29, 0.717) is 0 Å². The molecular formula is C44H36N2. The molecule has 222 valence electrons. The topological polar surface area (TPSA) is 6.48 Å². The highest BCUT2D eigenvalue weighted by atomic mass is 15.1. The molecule has 8 aromatic carbocycles. The van der Waals surface area contributed by atoms with Crippen molar-refractivity contribution in [3.05, 3.63) is 168 Å². The van der Waals surface area contributed by atoms with Crippen LogP contribution in [0.4, 0.5) is 34.1 Å². The summed E-state index contributed by atoms with van der Waals surface area (Å²) in [6.45, 7) is 8.63. The van der Waals surface area contributed by atoms with Crippen molar-refractivity contribution in [1.82, 2.24) is 0 Å². The predicted molar refractivity (Wildman–Crippen MR) is 198 cm³/mol. The van der Waals surface area contributed by atoms with E-state index >= 15 is 0 Å². The fourth-order valence-electron chi connectivity index (χ4n) is 7.03. The summed E-state index contributed by atoms with van der Waals surface area (Å²) in [5, 5.41) is 7.62. The summed E-state index contributed by atoms with van der Waals surface area (Å²) >= 11 is 0. The standard InChI is InChI=1S/C44H36N2/c1-29-9-5-13-37(21-29)45(38-14-6-10-30(2)22-38)41-25-33-17-19-35-27-42(28-36-20-18-34(26-41)43(33)44(35)36)46(39-15-7-11-31(3)23-39)40-16-8-12-32(4)24-40/h5-28H,1-4H3. The minimum atomic E-state index is 1.16. The highest BCUT2D eigenvalue weighted by molar-refractivity contribution is 6.24. The van der Waals surface area contributed by atoms with Crippen LogP contribution >= 0.6 is 0 Å². The van der Waals surface area contributed by atoms with E-state index in [4.69, 9.17) is 0 Å². The maximum absolute atomic E-state index is 2.38. The zero-order valence-electron chi connectivity index (χ0n) is 26.8. The molecule has 0 fully saturated rings. The van der Waals surface area contributed by atoms with E-state index in [0.717, 1.165) is 34.1 Å². The maximum atomic E-state index is 2.38. The highest BCUT2D eigenvalue weighted by Crippen LogP contribution is 2.44. The SMILES string of the molecule is Cc1cccc(N(c2cccc(C)c2)c2cc3ccc4cc(N(c5cccc(C)c5)c5cccc(C)c5)cc5ccc(c2)c3c45)c1. The molecule has 0 saturated carbocycles. The lowest BCUT2D eigenvalue weighted by molar-refractivity contribution is 1.26. The number of rotatable bonds is 6. The van der Waals surface area contributed by atoms with Crippen LogP contribution in [0, 0.1) is 27.7 Å². The van der Waals surface area contributed by atoms with Gasteiger partial charge >= 0.3 is 0 Å². The van der Waals surface area contributed by atoms with E-state index in [1.807, 2.05) is 0 Å². The Balaban J connectivity index is 1.32. The van der Waals surface area contributed by atoms with E-state index in [1.165, 1.54) is 54.6 Å². The van der Waals surface area contributed by atoms with Crippen molar-refractivity contribution >= 4 is 66.4 Å². The molecular weight excluding hydrogens is 556 g/mol. The second kappa shape index (κ2) is 11.1. The first-order valence-corrected chi connectivity index (χ1v) is 16.0. The van der Waals surface area contributed by atoms with Gasteiger partial charge in [0.25, 0.3) is 0 Å². The molecule has 2 nitrogen and oxygen atoms in total. The monoisotopic (exact) mass is 592 g/mol. The van der Waals surface area contributed by atoms with Crippen molar-refractivity contribution < 1.29 is 0 Å². The van der Waals surface area contributed by atoms with E-state index in [9.17, 15) is 0 Å². The Bertz CT molecular complexity index is 2060. The van der Waals surface area contributed by atoms with Gasteiger partial charge in [-0.15, -0.1) is 0 Å². The van der Waals surface area contributed by atoms with Gasteiger partial charge in [-0.05, 0) is 155 Å². The number of nitrogens with zero attached hydrogens (tertiary/aromatic N) is 2. The molecule has 0 radical (unpaired) electrons. The van der Waals surface area contributed by atoms with Gasteiger partial charge in [0, 0.05) is 34.1 Å². The van der Waals surface area contributed by atoms with Gasteiger partial charge in [0.05, 0.1) is 0 Å². The molecule has 2 heteroatoms. The van der Waals surface area contributed by atoms with Crippen molar-refractivity contribution in [2.24, 2.45) is 0 Å². The molecule has 0 aliphatic carbocycles. The Kier molecular flexibility index (Phi) is 6.73. The molecule has 0 spiro atoms. The van der Waals surface area contributed by atoms with Crippen molar-refractivity contribution in [3.8, 4) is 0 Å². The lowest BCUT2D eigenvalue weighted by Crippen LogP contribution is -2.11. The maximum Gasteiger partial charge on any atom is 0.0473 e. The molecule has 0 unspecified atom stereocenters. The lowest BCUT2D eigenvalue weighted by Gasteiger charge is -2.28. The molecule has 0 heterocycles. The van der Waals surface area contributed by atoms with E-state index in [1.54, 1.807) is 0 Å². The Morgan fingerprint density at radius 2 is 0.543 bits per heavy atom. The molecule has 46 heavy (non-hydrogen) atoms. The number of hydrogen-bond acceptors (Lipinski definition) is 2. The van der Waals surface area contributed by atoms with Gasteiger partial charge in [-0.3, -0.25) is 0 Å². The summed E-state index contributed by atoms with van der Waals surface area (Å²) in [4.78, 5) is 4.77. The Labute approximate surface area is 271 Å². The van der Waals surface area contributed by atoms with Crippen LogP contribution < -0.4 is 9.80 Å². The number of benzene rings is 8. The second-order valence-electron chi connectivity index (χ2n) is 12.7. The van der Waals surface area contributed by atoms with Gasteiger partial charge in [0.15, 0.2) is 0 Å². The van der Waals surface area contributed by atoms with Gasteiger partial charge in [-0.1, -0.05) is 72.8 Å². The van der Waals surface area contributed by atoms with Crippen LogP contribution in [-0.4, -0.2) is 0 Å². The quantitative estimate of drug-likeness (QED) is 0.177. The molecule has 8 rings (SSSR count). The number of hydrogen-bond donors (Lipinski definition) is 0. The molecule has 0 N–H and O–H groups in total. The van der Waals surface area contributed by atoms with Crippen molar-refractivity contribution in [1.29, 1.82) is 0 Å². The summed E-state index contributed by atoms with van der Waals surface area (Å²) in [6, 6.07) is 53.7. The van der Waals surface area contributed by atoms with Crippen molar-refractivity contribution in [2.45, 2.75) is 27.7 Å². The second-order valence-corrected chi connectivity index (χ2v) is 12.7. The Hall–Kier alpha value is -5.60. The predicted octanol–water partition coefficient (Wildman–Crippen LogP) is 12.8. The minimum absolute atomic E-state index is 1.16. The number of aryl methyl sites for hydroxylation is 4. The third kappa shape index (κ3) is 4.93. The van der Waals surface area contributed by atoms with Gasteiger partial charge in [0.1, 0.15) is 0 Å². The van der Waals surface area contributed by atoms with Crippen LogP contribution in [0.25, 0.3) is 32.3 Å². The largest absolute Gasteiger partial charge is 0.310 e. The molecule has 0 amide bonds. The number of anilines is 6. The van der Waals surface area contributed by atoms with Crippen molar-refractivity contribution in [3.63, 3.8) is 0 Å². The zero-order chi connectivity index (χ0) is 31.4. The summed E-state index contributed by atoms with van der Waals surface area (Å²) in [6.07, 6.45) is 0. The van der Waals surface area contributed by atoms with Crippen LogP contribution in [0.2, 0.25) is 0 Å². The minimum Gasteiger partial charge on any atom is -0.310 e. The lowest BCUT2D eigenvalue weighted by atomic mass is 9.92. The van der Waals surface area contributed by atoms with Crippen LogP contribution in [0.3, 0.4) is 0 Å². The van der Waals surface area contributed by atoms with Gasteiger partial charge in [0.2, 0.25) is 0 Å². The summed E-state index contributed by atoms with van der Waals surface area (Å²) < 4.78 is 0. The molecule has 0 saturated heterocycles. The third-order valence-corrected chi connectivity index (χ3v) is 9.06. The van der Waals surface area contributed by atoms with Crippen molar-refractivity contribution in [2.75, 3.05) is 9.80 Å². The first kappa shape index (κ1) is 27.9. The van der Waals surface area contributed by atoms with Gasteiger partial charge < -0.3 is 9.80 Å². The molecule has 0 aromatic heterocycles. The van der Waals surface area contributed by atoms with E-state index in [-0.39, 0.29) is 0 Å². The summed E-state index contributed by atoms with van der Waals surface area (Å²) in [7, 11) is 0. The fraction of sp³-hybridized carbons (Fsp3) is 0.0909. The Morgan fingerprint density at radius 1 is 0.283 bits per heavy atom. The van der Waals surface area contributed by atoms with Crippen LogP contribution in [-0.2, 0) is 0 Å². The average molecular weight is 593 g/mol. The van der Waals surface area contributed by atoms with E-state index in [2.05, 4.69) is 183 Å². The fourth-order valence-corrected chi connectivity index (χ4v) is 7.03. The first-order chi connectivity index (χ1) is 22.4. The molecule has 0 aliphatic rings. The smallest absolute Gasteiger partial charge is 0.0473 e. The average Bonchev–Trinajstić information content (AvgIpc) is 3.04. The molecule has 0 atom stereocenters. The molecule has 0 bridgehead atoms. The van der Waals surface area contributed by atoms with Crippen LogP contribution in [0.1, 0.15) is 22.3 Å². The van der Waals surface area contributed by atoms with Gasteiger partial charge in [-0.25, -0.2) is 0 Å². The summed E-state index contributed by atoms with van der Waals surface area (Å²) in [5.74, 6) is 0. The Morgan fingerprint density at radius 3 is 0.783 bits per heavy atom. The van der Waals surface area contributed by atoms with Crippen LogP contribution in [0.5, 0.6) is 0 Å². The molecule has 8 aromatic rings. The molecule has 0 aliphatic heterocycles.